The Bertz CT molecular complexity index is 523. The topological polar surface area (TPSA) is 75.3 Å². The molecule has 0 aromatic rings. The Balaban J connectivity index is 4.07. The van der Waals surface area contributed by atoms with Crippen molar-refractivity contribution in [2.24, 2.45) is 11.7 Å². The SMILES string of the molecule is CCCCCCCCCCCCCCCCC(CCCCCCCCCCCCCCCC)CNC(CCCCN)C(=O)O. The largest absolute Gasteiger partial charge is 0.480 e. The first kappa shape index (κ1) is 43.4. The predicted molar refractivity (Wildman–Crippen MR) is 196 cm³/mol. The Morgan fingerprint density at radius 1 is 0.477 bits per heavy atom. The first-order valence-electron chi connectivity index (χ1n) is 20.3. The van der Waals surface area contributed by atoms with Gasteiger partial charge in [0.25, 0.3) is 0 Å². The summed E-state index contributed by atoms with van der Waals surface area (Å²) in [6.07, 6.45) is 44.2. The van der Waals surface area contributed by atoms with Gasteiger partial charge < -0.3 is 16.2 Å². The number of nitrogens with two attached hydrogens (primary N) is 1. The van der Waals surface area contributed by atoms with E-state index < -0.39 is 12.0 Å². The van der Waals surface area contributed by atoms with Crippen molar-refractivity contribution in [1.82, 2.24) is 5.32 Å². The van der Waals surface area contributed by atoms with Gasteiger partial charge >= 0.3 is 5.97 Å². The molecule has 0 aliphatic rings. The Labute approximate surface area is 277 Å². The van der Waals surface area contributed by atoms with Gasteiger partial charge in [-0.25, -0.2) is 0 Å². The van der Waals surface area contributed by atoms with Crippen molar-refractivity contribution in [2.75, 3.05) is 13.1 Å². The average Bonchev–Trinajstić information content (AvgIpc) is 3.02. The van der Waals surface area contributed by atoms with Crippen LogP contribution in [0.5, 0.6) is 0 Å². The van der Waals surface area contributed by atoms with E-state index in [9.17, 15) is 9.90 Å². The maximum atomic E-state index is 11.8. The van der Waals surface area contributed by atoms with Crippen LogP contribution in [0.25, 0.3) is 0 Å². The molecule has 0 bridgehead atoms. The summed E-state index contributed by atoms with van der Waals surface area (Å²) in [5.74, 6) is -0.0882. The Morgan fingerprint density at radius 3 is 1.07 bits per heavy atom. The third kappa shape index (κ3) is 32.8. The van der Waals surface area contributed by atoms with Gasteiger partial charge in [0.1, 0.15) is 6.04 Å². The minimum Gasteiger partial charge on any atom is -0.480 e. The van der Waals surface area contributed by atoms with Gasteiger partial charge in [-0.05, 0) is 44.7 Å². The highest BCUT2D eigenvalue weighted by Gasteiger charge is 2.18. The van der Waals surface area contributed by atoms with Crippen LogP contribution in [0.15, 0.2) is 0 Å². The normalized spacial score (nSPS) is 12.4. The fourth-order valence-corrected chi connectivity index (χ4v) is 6.72. The van der Waals surface area contributed by atoms with Crippen LogP contribution in [-0.4, -0.2) is 30.2 Å². The zero-order chi connectivity index (χ0) is 32.2. The zero-order valence-corrected chi connectivity index (χ0v) is 30.3. The monoisotopic (exact) mass is 623 g/mol. The minimum atomic E-state index is -0.700. The Kier molecular flexibility index (Phi) is 36.3. The maximum absolute atomic E-state index is 11.8. The molecule has 1 atom stereocenters. The summed E-state index contributed by atoms with van der Waals surface area (Å²) in [5, 5.41) is 13.1. The minimum absolute atomic E-state index is 0.420. The number of carbonyl (C=O) groups is 1. The zero-order valence-electron chi connectivity index (χ0n) is 30.3. The number of carboxylic acid groups (broad SMARTS) is 1. The van der Waals surface area contributed by atoms with Crippen molar-refractivity contribution in [2.45, 2.75) is 232 Å². The molecule has 4 heteroatoms. The van der Waals surface area contributed by atoms with Crippen LogP contribution >= 0.6 is 0 Å². The highest BCUT2D eigenvalue weighted by Crippen LogP contribution is 2.20. The second-order valence-corrected chi connectivity index (χ2v) is 14.2. The molecule has 44 heavy (non-hydrogen) atoms. The molecule has 0 aromatic heterocycles. The van der Waals surface area contributed by atoms with E-state index in [1.807, 2.05) is 0 Å². The van der Waals surface area contributed by atoms with E-state index in [1.54, 1.807) is 0 Å². The molecule has 0 aliphatic heterocycles. The van der Waals surface area contributed by atoms with E-state index >= 15 is 0 Å². The molecule has 264 valence electrons. The molecule has 0 saturated heterocycles. The van der Waals surface area contributed by atoms with Crippen molar-refractivity contribution < 1.29 is 9.90 Å². The van der Waals surface area contributed by atoms with E-state index in [-0.39, 0.29) is 0 Å². The van der Waals surface area contributed by atoms with E-state index in [4.69, 9.17) is 5.73 Å². The quantitative estimate of drug-likeness (QED) is 0.0599. The number of hydrogen-bond acceptors (Lipinski definition) is 3. The average molecular weight is 623 g/mol. The predicted octanol–water partition coefficient (Wildman–Crippen LogP) is 12.5. The third-order valence-electron chi connectivity index (χ3n) is 9.83. The van der Waals surface area contributed by atoms with Crippen LogP contribution < -0.4 is 11.1 Å². The van der Waals surface area contributed by atoms with E-state index in [0.717, 1.165) is 19.4 Å². The van der Waals surface area contributed by atoms with Crippen LogP contribution in [0, 0.1) is 5.92 Å². The van der Waals surface area contributed by atoms with Gasteiger partial charge in [0.2, 0.25) is 0 Å². The molecule has 0 spiro atoms. The number of aliphatic carboxylic acids is 1. The van der Waals surface area contributed by atoms with Gasteiger partial charge in [-0.1, -0.05) is 200 Å². The van der Waals surface area contributed by atoms with Crippen LogP contribution in [0.2, 0.25) is 0 Å². The van der Waals surface area contributed by atoms with Gasteiger partial charge in [-0.3, -0.25) is 4.79 Å². The van der Waals surface area contributed by atoms with E-state index in [0.29, 0.717) is 18.9 Å². The van der Waals surface area contributed by atoms with Crippen LogP contribution in [0.1, 0.15) is 226 Å². The standard InChI is InChI=1S/C40H82N2O2/c1-3-5-7-9-11-13-15-17-19-21-23-25-27-29-33-38(37-42-39(40(43)44)35-31-32-36-41)34-30-28-26-24-22-20-18-16-14-12-10-8-6-4-2/h38-39,42H,3-37,41H2,1-2H3,(H,43,44). The molecule has 0 radical (unpaired) electrons. The number of nitrogens with one attached hydrogen (secondary N) is 1. The fourth-order valence-electron chi connectivity index (χ4n) is 6.72. The first-order valence-corrected chi connectivity index (χ1v) is 20.3. The molecule has 0 heterocycles. The lowest BCUT2D eigenvalue weighted by atomic mass is 9.93. The maximum Gasteiger partial charge on any atom is 0.320 e. The second kappa shape index (κ2) is 36.9. The highest BCUT2D eigenvalue weighted by molar-refractivity contribution is 5.73. The van der Waals surface area contributed by atoms with Crippen LogP contribution in [-0.2, 0) is 4.79 Å². The lowest BCUT2D eigenvalue weighted by molar-refractivity contribution is -0.139. The lowest BCUT2D eigenvalue weighted by Gasteiger charge is -2.21. The molecule has 0 fully saturated rings. The highest BCUT2D eigenvalue weighted by atomic mass is 16.4. The summed E-state index contributed by atoms with van der Waals surface area (Å²) in [7, 11) is 0. The van der Waals surface area contributed by atoms with Gasteiger partial charge in [-0.15, -0.1) is 0 Å². The van der Waals surface area contributed by atoms with Gasteiger partial charge in [-0.2, -0.15) is 0 Å². The number of unbranched alkanes of at least 4 members (excludes halogenated alkanes) is 27. The summed E-state index contributed by atoms with van der Waals surface area (Å²) >= 11 is 0. The van der Waals surface area contributed by atoms with Crippen molar-refractivity contribution in [1.29, 1.82) is 0 Å². The smallest absolute Gasteiger partial charge is 0.320 e. The summed E-state index contributed by atoms with van der Waals surface area (Å²) in [6.45, 7) is 6.09. The van der Waals surface area contributed by atoms with E-state index in [1.165, 1.54) is 193 Å². The third-order valence-corrected chi connectivity index (χ3v) is 9.83. The molecule has 0 amide bonds. The number of hydrogen-bond donors (Lipinski definition) is 3. The van der Waals surface area contributed by atoms with Crippen molar-refractivity contribution in [3.63, 3.8) is 0 Å². The van der Waals surface area contributed by atoms with Gasteiger partial charge in [0, 0.05) is 0 Å². The second-order valence-electron chi connectivity index (χ2n) is 14.2. The Hall–Kier alpha value is -0.610. The molecule has 4 nitrogen and oxygen atoms in total. The van der Waals surface area contributed by atoms with Crippen molar-refractivity contribution >= 4 is 5.97 Å². The summed E-state index contributed by atoms with van der Waals surface area (Å²) < 4.78 is 0. The molecule has 0 aromatic carbocycles. The molecular formula is C40H82N2O2. The fraction of sp³-hybridized carbons (Fsp3) is 0.975. The molecule has 0 saturated carbocycles. The molecule has 1 unspecified atom stereocenters. The number of rotatable bonds is 38. The molecule has 0 aliphatic carbocycles. The number of carboxylic acids is 1. The van der Waals surface area contributed by atoms with Crippen LogP contribution in [0.4, 0.5) is 0 Å². The molecular weight excluding hydrogens is 540 g/mol. The van der Waals surface area contributed by atoms with Crippen molar-refractivity contribution in [3.8, 4) is 0 Å². The first-order chi connectivity index (χ1) is 21.7. The summed E-state index contributed by atoms with van der Waals surface area (Å²) in [5.41, 5.74) is 5.63. The van der Waals surface area contributed by atoms with Gasteiger partial charge in [0.05, 0.1) is 0 Å². The summed E-state index contributed by atoms with van der Waals surface area (Å²) in [4.78, 5) is 11.8. The molecule has 4 N–H and O–H groups in total. The van der Waals surface area contributed by atoms with Crippen molar-refractivity contribution in [3.05, 3.63) is 0 Å². The molecule has 0 rings (SSSR count). The Morgan fingerprint density at radius 2 is 0.773 bits per heavy atom. The van der Waals surface area contributed by atoms with Crippen LogP contribution in [0.3, 0.4) is 0 Å². The van der Waals surface area contributed by atoms with E-state index in [2.05, 4.69) is 19.2 Å². The lowest BCUT2D eigenvalue weighted by Crippen LogP contribution is -2.39. The summed E-state index contributed by atoms with van der Waals surface area (Å²) in [6, 6.07) is -0.420. The van der Waals surface area contributed by atoms with Gasteiger partial charge in [0.15, 0.2) is 0 Å².